The Labute approximate surface area is 189 Å². The van der Waals surface area contributed by atoms with Gasteiger partial charge >= 0.3 is 6.18 Å². The summed E-state index contributed by atoms with van der Waals surface area (Å²) in [5, 5.41) is 5.58. The molecule has 32 heavy (non-hydrogen) atoms. The highest BCUT2D eigenvalue weighted by atomic mass is 35.5. The summed E-state index contributed by atoms with van der Waals surface area (Å²) in [7, 11) is 3.66. The molecule has 0 unspecified atom stereocenters. The van der Waals surface area contributed by atoms with E-state index in [0.717, 1.165) is 18.9 Å². The molecular weight excluding hydrogens is 445 g/mol. The van der Waals surface area contributed by atoms with Crippen molar-refractivity contribution in [3.8, 4) is 0 Å². The van der Waals surface area contributed by atoms with Gasteiger partial charge in [-0.2, -0.15) is 28.1 Å². The molecule has 1 aliphatic rings. The van der Waals surface area contributed by atoms with Crippen LogP contribution in [0.2, 0.25) is 5.02 Å². The first-order valence-electron chi connectivity index (χ1n) is 10.3. The van der Waals surface area contributed by atoms with Gasteiger partial charge in [0, 0.05) is 37.6 Å². The molecule has 1 aromatic heterocycles. The monoisotopic (exact) mass is 470 g/mol. The highest BCUT2D eigenvalue weighted by Gasteiger charge is 2.34. The van der Waals surface area contributed by atoms with Crippen molar-refractivity contribution in [3.05, 3.63) is 40.2 Å². The number of nitrogens with zero attached hydrogens (tertiary/aromatic N) is 4. The largest absolute Gasteiger partial charge is 0.416 e. The minimum absolute atomic E-state index is 0.00468. The fourth-order valence-electron chi connectivity index (χ4n) is 3.92. The molecule has 1 saturated carbocycles. The lowest BCUT2D eigenvalue weighted by atomic mass is 9.85. The lowest BCUT2D eigenvalue weighted by molar-refractivity contribution is -0.138. The van der Waals surface area contributed by atoms with E-state index in [9.17, 15) is 18.0 Å². The van der Waals surface area contributed by atoms with Crippen LogP contribution < -0.4 is 15.5 Å². The second-order valence-corrected chi connectivity index (χ2v) is 8.33. The number of hydrogen-bond donors (Lipinski definition) is 2. The predicted molar refractivity (Wildman–Crippen MR) is 117 cm³/mol. The van der Waals surface area contributed by atoms with Gasteiger partial charge in [0.1, 0.15) is 5.82 Å². The van der Waals surface area contributed by atoms with Crippen molar-refractivity contribution in [3.63, 3.8) is 0 Å². The summed E-state index contributed by atoms with van der Waals surface area (Å²) in [6.45, 7) is 1.60. The van der Waals surface area contributed by atoms with Crippen LogP contribution in [0.4, 0.5) is 25.1 Å². The van der Waals surface area contributed by atoms with E-state index in [2.05, 4.69) is 25.6 Å². The highest BCUT2D eigenvalue weighted by molar-refractivity contribution is 6.30. The van der Waals surface area contributed by atoms with Crippen molar-refractivity contribution in [2.75, 3.05) is 24.3 Å². The van der Waals surface area contributed by atoms with Gasteiger partial charge in [-0.3, -0.25) is 4.79 Å². The molecule has 11 heteroatoms. The van der Waals surface area contributed by atoms with Gasteiger partial charge in [0.25, 0.3) is 0 Å². The molecule has 1 amide bonds. The molecule has 0 bridgehead atoms. The van der Waals surface area contributed by atoms with Gasteiger partial charge in [0.05, 0.1) is 5.56 Å². The zero-order chi connectivity index (χ0) is 23.5. The Morgan fingerprint density at radius 1 is 1.19 bits per heavy atom. The first kappa shape index (κ1) is 24.0. The number of amides is 1. The van der Waals surface area contributed by atoms with Gasteiger partial charge in [-0.15, -0.1) is 0 Å². The first-order valence-corrected chi connectivity index (χ1v) is 10.7. The summed E-state index contributed by atoms with van der Waals surface area (Å²) in [6.07, 6.45) is -1.76. The van der Waals surface area contributed by atoms with E-state index < -0.39 is 11.7 Å². The van der Waals surface area contributed by atoms with E-state index in [1.807, 2.05) is 11.9 Å². The molecule has 1 fully saturated rings. The summed E-state index contributed by atoms with van der Waals surface area (Å²) >= 11 is 5.71. The number of aryl methyl sites for hydroxylation is 1. The molecule has 3 rings (SSSR count). The quantitative estimate of drug-likeness (QED) is 0.658. The van der Waals surface area contributed by atoms with Crippen LogP contribution in [0, 0.1) is 12.8 Å². The number of rotatable bonds is 6. The molecule has 2 aromatic rings. The highest BCUT2D eigenvalue weighted by Crippen LogP contribution is 2.34. The maximum absolute atomic E-state index is 13.2. The molecular formula is C21H26ClF3N6O. The molecule has 0 saturated heterocycles. The number of benzene rings is 1. The van der Waals surface area contributed by atoms with Crippen LogP contribution in [-0.4, -0.2) is 41.0 Å². The first-order chi connectivity index (χ1) is 15.1. The van der Waals surface area contributed by atoms with Crippen molar-refractivity contribution in [1.29, 1.82) is 0 Å². The number of aromatic nitrogens is 3. The van der Waals surface area contributed by atoms with Gasteiger partial charge in [0.15, 0.2) is 0 Å². The standard InChI is InChI=1S/C21H26ClF3N6O/c1-12-28-19(26-2)30-20(29-12)31(3)16-8-5-13(6-9-16)18(32)27-11-14-4-7-15(22)10-17(14)21(23,24)25/h4,7,10,13,16H,5-6,8-9,11H2,1-3H3,(H,27,32)(H,26,28,29,30). The maximum atomic E-state index is 13.2. The predicted octanol–water partition coefficient (Wildman–Crippen LogP) is 4.21. The number of anilines is 2. The van der Waals surface area contributed by atoms with Crippen LogP contribution >= 0.6 is 11.6 Å². The Kier molecular flexibility index (Phi) is 7.43. The second kappa shape index (κ2) is 9.89. The van der Waals surface area contributed by atoms with Crippen molar-refractivity contribution in [2.45, 2.75) is 51.4 Å². The van der Waals surface area contributed by atoms with E-state index >= 15 is 0 Å². The van der Waals surface area contributed by atoms with Crippen LogP contribution in [0.15, 0.2) is 18.2 Å². The molecule has 0 aliphatic heterocycles. The average molecular weight is 471 g/mol. The van der Waals surface area contributed by atoms with Gasteiger partial charge < -0.3 is 15.5 Å². The van der Waals surface area contributed by atoms with Crippen molar-refractivity contribution >= 4 is 29.4 Å². The number of hydrogen-bond acceptors (Lipinski definition) is 6. The molecule has 2 N–H and O–H groups in total. The molecule has 0 radical (unpaired) electrons. The summed E-state index contributed by atoms with van der Waals surface area (Å²) in [6, 6.07) is 3.74. The minimum Gasteiger partial charge on any atom is -0.357 e. The number of nitrogens with one attached hydrogen (secondary N) is 2. The van der Waals surface area contributed by atoms with E-state index in [4.69, 9.17) is 11.6 Å². The van der Waals surface area contributed by atoms with Crippen LogP contribution in [0.25, 0.3) is 0 Å². The average Bonchev–Trinajstić information content (AvgIpc) is 2.76. The van der Waals surface area contributed by atoms with Crippen LogP contribution in [-0.2, 0) is 17.5 Å². The van der Waals surface area contributed by atoms with E-state index in [1.54, 1.807) is 14.0 Å². The third-order valence-electron chi connectivity index (χ3n) is 5.72. The number of carbonyl (C=O) groups excluding carboxylic acids is 1. The molecule has 1 aromatic carbocycles. The van der Waals surface area contributed by atoms with Crippen molar-refractivity contribution < 1.29 is 18.0 Å². The normalized spacial score (nSPS) is 18.8. The Morgan fingerprint density at radius 3 is 2.50 bits per heavy atom. The second-order valence-electron chi connectivity index (χ2n) is 7.89. The van der Waals surface area contributed by atoms with Crippen LogP contribution in [0.5, 0.6) is 0 Å². The molecule has 0 atom stereocenters. The van der Waals surface area contributed by atoms with E-state index in [1.165, 1.54) is 12.1 Å². The topological polar surface area (TPSA) is 83.0 Å². The Hall–Kier alpha value is -2.62. The minimum atomic E-state index is -4.53. The van der Waals surface area contributed by atoms with Crippen molar-refractivity contribution in [1.82, 2.24) is 20.3 Å². The summed E-state index contributed by atoms with van der Waals surface area (Å²) in [5.41, 5.74) is -0.835. The zero-order valence-electron chi connectivity index (χ0n) is 18.1. The van der Waals surface area contributed by atoms with Crippen molar-refractivity contribution in [2.24, 2.45) is 5.92 Å². The molecule has 0 spiro atoms. The Morgan fingerprint density at radius 2 is 1.88 bits per heavy atom. The molecule has 1 aliphatic carbocycles. The SMILES string of the molecule is CNc1nc(C)nc(N(C)C2CCC(C(=O)NCc3ccc(Cl)cc3C(F)(F)F)CC2)n1. The summed E-state index contributed by atoms with van der Waals surface area (Å²) in [4.78, 5) is 27.6. The summed E-state index contributed by atoms with van der Waals surface area (Å²) in [5.74, 6) is 1.20. The summed E-state index contributed by atoms with van der Waals surface area (Å²) < 4.78 is 39.7. The smallest absolute Gasteiger partial charge is 0.357 e. The molecule has 7 nitrogen and oxygen atoms in total. The third kappa shape index (κ3) is 5.79. The van der Waals surface area contributed by atoms with Crippen LogP contribution in [0.3, 0.4) is 0 Å². The van der Waals surface area contributed by atoms with Gasteiger partial charge in [-0.05, 0) is 50.3 Å². The molecule has 1 heterocycles. The number of halogens is 4. The number of alkyl halides is 3. The number of carbonyl (C=O) groups is 1. The fourth-order valence-corrected chi connectivity index (χ4v) is 4.09. The van der Waals surface area contributed by atoms with Crippen LogP contribution in [0.1, 0.15) is 42.6 Å². The van der Waals surface area contributed by atoms with Gasteiger partial charge in [-0.1, -0.05) is 17.7 Å². The Balaban J connectivity index is 1.57. The Bertz CT molecular complexity index is 963. The fraction of sp³-hybridized carbons (Fsp3) is 0.524. The van der Waals surface area contributed by atoms with E-state index in [-0.39, 0.29) is 35.0 Å². The van der Waals surface area contributed by atoms with E-state index in [0.29, 0.717) is 30.6 Å². The third-order valence-corrected chi connectivity index (χ3v) is 5.96. The van der Waals surface area contributed by atoms with Gasteiger partial charge in [-0.25, -0.2) is 0 Å². The molecule has 174 valence electrons. The lowest BCUT2D eigenvalue weighted by Gasteiger charge is -2.34. The van der Waals surface area contributed by atoms with Gasteiger partial charge in [0.2, 0.25) is 17.8 Å². The maximum Gasteiger partial charge on any atom is 0.416 e. The zero-order valence-corrected chi connectivity index (χ0v) is 18.9. The lowest BCUT2D eigenvalue weighted by Crippen LogP contribution is -2.40.